The predicted molar refractivity (Wildman–Crippen MR) is 104 cm³/mol. The van der Waals surface area contributed by atoms with Crippen LogP contribution in [0.5, 0.6) is 11.5 Å². The highest BCUT2D eigenvalue weighted by molar-refractivity contribution is 6.03. The van der Waals surface area contributed by atoms with Crippen LogP contribution in [0.25, 0.3) is 0 Å². The summed E-state index contributed by atoms with van der Waals surface area (Å²) in [6, 6.07) is 17.8. The molecule has 0 saturated heterocycles. The highest BCUT2D eigenvalue weighted by Gasteiger charge is 2.13. The van der Waals surface area contributed by atoms with Gasteiger partial charge in [-0.05, 0) is 36.4 Å². The van der Waals surface area contributed by atoms with Crippen molar-refractivity contribution in [3.8, 4) is 17.6 Å². The van der Waals surface area contributed by atoms with Crippen LogP contribution in [0.4, 0.5) is 17.1 Å². The van der Waals surface area contributed by atoms with E-state index in [4.69, 9.17) is 14.7 Å². The fourth-order valence-corrected chi connectivity index (χ4v) is 2.77. The lowest BCUT2D eigenvalue weighted by Gasteiger charge is -2.19. The molecule has 0 unspecified atom stereocenters. The maximum Gasteiger partial charge on any atom is 0.274 e. The number of fused-ring (bicyclic) bond motifs is 1. The number of anilines is 3. The molecule has 7 nitrogen and oxygen atoms in total. The number of nitrogens with zero attached hydrogens (tertiary/aromatic N) is 2. The van der Waals surface area contributed by atoms with E-state index in [2.05, 4.69) is 15.6 Å². The number of benzene rings is 2. The Hall–Kier alpha value is -4.05. The highest BCUT2D eigenvalue weighted by atomic mass is 16.6. The van der Waals surface area contributed by atoms with Crippen molar-refractivity contribution in [2.75, 3.05) is 23.8 Å². The molecule has 2 aromatic carbocycles. The van der Waals surface area contributed by atoms with Crippen molar-refractivity contribution in [2.24, 2.45) is 0 Å². The van der Waals surface area contributed by atoms with Crippen molar-refractivity contribution < 1.29 is 14.3 Å². The Labute approximate surface area is 161 Å². The maximum atomic E-state index is 12.4. The van der Waals surface area contributed by atoms with Gasteiger partial charge in [0, 0.05) is 11.8 Å². The lowest BCUT2D eigenvalue weighted by molar-refractivity contribution is 0.102. The molecular formula is C21H16N4O3. The van der Waals surface area contributed by atoms with Crippen LogP contribution in [0, 0.1) is 11.3 Å². The second-order valence-corrected chi connectivity index (χ2v) is 6.03. The molecule has 0 aliphatic carbocycles. The zero-order valence-electron chi connectivity index (χ0n) is 14.8. The molecule has 7 heteroatoms. The Morgan fingerprint density at radius 1 is 1.00 bits per heavy atom. The van der Waals surface area contributed by atoms with Crippen LogP contribution < -0.4 is 20.1 Å². The minimum atomic E-state index is -0.381. The number of para-hydroxylation sites is 1. The maximum absolute atomic E-state index is 12.4. The number of hydrogen-bond donors (Lipinski definition) is 2. The summed E-state index contributed by atoms with van der Waals surface area (Å²) in [6.45, 7) is 1.07. The van der Waals surface area contributed by atoms with Crippen molar-refractivity contribution in [3.63, 3.8) is 0 Å². The smallest absolute Gasteiger partial charge is 0.274 e. The topological polar surface area (TPSA) is 96.3 Å². The van der Waals surface area contributed by atoms with E-state index >= 15 is 0 Å². The lowest BCUT2D eigenvalue weighted by atomic mass is 10.2. The Balaban J connectivity index is 1.45. The molecule has 0 saturated carbocycles. The fraction of sp³-hybridized carbons (Fsp3) is 0.0952. The summed E-state index contributed by atoms with van der Waals surface area (Å²) in [6.07, 6.45) is 1.57. The number of rotatable bonds is 4. The molecule has 0 radical (unpaired) electrons. The largest absolute Gasteiger partial charge is 0.486 e. The summed E-state index contributed by atoms with van der Waals surface area (Å²) >= 11 is 0. The molecule has 138 valence electrons. The second kappa shape index (κ2) is 7.68. The first kappa shape index (κ1) is 17.4. The van der Waals surface area contributed by atoms with E-state index in [0.29, 0.717) is 30.2 Å². The van der Waals surface area contributed by atoms with Gasteiger partial charge in [0.1, 0.15) is 25.0 Å². The summed E-state index contributed by atoms with van der Waals surface area (Å²) in [4.78, 5) is 16.6. The number of hydrogen-bond acceptors (Lipinski definition) is 6. The van der Waals surface area contributed by atoms with E-state index in [1.54, 1.807) is 42.6 Å². The molecule has 2 N–H and O–H groups in total. The molecule has 1 aliphatic heterocycles. The van der Waals surface area contributed by atoms with Gasteiger partial charge in [0.15, 0.2) is 11.5 Å². The van der Waals surface area contributed by atoms with E-state index in [-0.39, 0.29) is 11.6 Å². The molecule has 0 spiro atoms. The van der Waals surface area contributed by atoms with Gasteiger partial charge in [-0.15, -0.1) is 0 Å². The average molecular weight is 372 g/mol. The third-order valence-electron chi connectivity index (χ3n) is 4.12. The highest BCUT2D eigenvalue weighted by Crippen LogP contribution is 2.33. The molecule has 0 bridgehead atoms. The number of nitriles is 1. The van der Waals surface area contributed by atoms with Crippen LogP contribution in [0.2, 0.25) is 0 Å². The number of carbonyl (C=O) groups is 1. The van der Waals surface area contributed by atoms with Gasteiger partial charge in [-0.2, -0.15) is 5.26 Å². The van der Waals surface area contributed by atoms with Crippen molar-refractivity contribution in [1.82, 2.24) is 4.98 Å². The molecule has 0 atom stereocenters. The standard InChI is InChI=1S/C21H16N4O3/c22-12-14-3-1-2-4-17(14)25-21(26)18-7-5-16(13-23-18)24-15-6-8-19-20(11-15)28-10-9-27-19/h1-8,11,13,24H,9-10H2,(H,25,26). The first-order valence-corrected chi connectivity index (χ1v) is 8.66. The normalized spacial score (nSPS) is 12.0. The summed E-state index contributed by atoms with van der Waals surface area (Å²) in [5.41, 5.74) is 2.65. The summed E-state index contributed by atoms with van der Waals surface area (Å²) in [7, 11) is 0. The summed E-state index contributed by atoms with van der Waals surface area (Å²) in [5.74, 6) is 1.03. The minimum absolute atomic E-state index is 0.250. The van der Waals surface area contributed by atoms with Crippen molar-refractivity contribution in [1.29, 1.82) is 5.26 Å². The van der Waals surface area contributed by atoms with E-state index in [0.717, 1.165) is 17.1 Å². The molecule has 2 heterocycles. The van der Waals surface area contributed by atoms with Crippen molar-refractivity contribution in [3.05, 3.63) is 72.1 Å². The number of nitrogens with one attached hydrogen (secondary N) is 2. The van der Waals surface area contributed by atoms with E-state index in [1.165, 1.54) is 0 Å². The average Bonchev–Trinajstić information content (AvgIpc) is 2.74. The predicted octanol–water partition coefficient (Wildman–Crippen LogP) is 3.72. The molecule has 28 heavy (non-hydrogen) atoms. The van der Waals surface area contributed by atoms with Gasteiger partial charge in [-0.3, -0.25) is 4.79 Å². The fourth-order valence-electron chi connectivity index (χ4n) is 2.77. The van der Waals surface area contributed by atoms with Gasteiger partial charge in [-0.1, -0.05) is 12.1 Å². The Kier molecular flexibility index (Phi) is 4.76. The molecule has 1 aliphatic rings. The van der Waals surface area contributed by atoms with Crippen LogP contribution in [0.15, 0.2) is 60.8 Å². The van der Waals surface area contributed by atoms with Crippen molar-refractivity contribution in [2.45, 2.75) is 0 Å². The first-order chi connectivity index (χ1) is 13.7. The van der Waals surface area contributed by atoms with Crippen LogP contribution in [-0.4, -0.2) is 24.1 Å². The monoisotopic (exact) mass is 372 g/mol. The van der Waals surface area contributed by atoms with Crippen LogP contribution in [0.1, 0.15) is 16.1 Å². The molecule has 4 rings (SSSR count). The third-order valence-corrected chi connectivity index (χ3v) is 4.12. The number of ether oxygens (including phenoxy) is 2. The molecule has 1 amide bonds. The van der Waals surface area contributed by atoms with Gasteiger partial charge < -0.3 is 20.1 Å². The zero-order valence-corrected chi connectivity index (χ0v) is 14.8. The van der Waals surface area contributed by atoms with Gasteiger partial charge in [0.2, 0.25) is 0 Å². The Bertz CT molecular complexity index is 1060. The Morgan fingerprint density at radius 2 is 1.79 bits per heavy atom. The number of pyridine rings is 1. The van der Waals surface area contributed by atoms with Gasteiger partial charge in [-0.25, -0.2) is 4.98 Å². The van der Waals surface area contributed by atoms with Gasteiger partial charge >= 0.3 is 0 Å². The van der Waals surface area contributed by atoms with Crippen LogP contribution >= 0.6 is 0 Å². The zero-order chi connectivity index (χ0) is 19.3. The van der Waals surface area contributed by atoms with Gasteiger partial charge in [0.25, 0.3) is 5.91 Å². The van der Waals surface area contributed by atoms with Crippen molar-refractivity contribution >= 4 is 23.0 Å². The van der Waals surface area contributed by atoms with E-state index in [9.17, 15) is 4.79 Å². The molecule has 1 aromatic heterocycles. The molecular weight excluding hydrogens is 356 g/mol. The molecule has 0 fully saturated rings. The van der Waals surface area contributed by atoms with E-state index < -0.39 is 0 Å². The van der Waals surface area contributed by atoms with Crippen LogP contribution in [0.3, 0.4) is 0 Å². The summed E-state index contributed by atoms with van der Waals surface area (Å²) < 4.78 is 11.1. The number of amides is 1. The van der Waals surface area contributed by atoms with Crippen LogP contribution in [-0.2, 0) is 0 Å². The Morgan fingerprint density at radius 3 is 2.57 bits per heavy atom. The SMILES string of the molecule is N#Cc1ccccc1NC(=O)c1ccc(Nc2ccc3c(c2)OCCO3)cn1. The quantitative estimate of drug-likeness (QED) is 0.725. The van der Waals surface area contributed by atoms with E-state index in [1.807, 2.05) is 24.3 Å². The lowest BCUT2D eigenvalue weighted by Crippen LogP contribution is -2.15. The second-order valence-electron chi connectivity index (χ2n) is 6.03. The number of carbonyl (C=O) groups excluding carboxylic acids is 1. The molecule has 3 aromatic rings. The third kappa shape index (κ3) is 3.71. The van der Waals surface area contributed by atoms with Gasteiger partial charge in [0.05, 0.1) is 23.1 Å². The summed E-state index contributed by atoms with van der Waals surface area (Å²) in [5, 5.41) is 15.0. The number of aromatic nitrogens is 1. The minimum Gasteiger partial charge on any atom is -0.486 e. The first-order valence-electron chi connectivity index (χ1n) is 8.66.